The Hall–Kier alpha value is -0.850. The molecule has 0 unspecified atom stereocenters. The Morgan fingerprint density at radius 2 is 2.00 bits per heavy atom. The molecule has 2 amide bonds. The molecule has 0 aromatic carbocycles. The number of likely N-dealkylation sites (N-methyl/N-ethyl adjacent to an activating group) is 1. The Morgan fingerprint density at radius 1 is 1.35 bits per heavy atom. The van der Waals surface area contributed by atoms with Crippen LogP contribution in [0.2, 0.25) is 0 Å². The van der Waals surface area contributed by atoms with Crippen molar-refractivity contribution in [2.24, 2.45) is 0 Å². The second-order valence-corrected chi connectivity index (χ2v) is 5.57. The van der Waals surface area contributed by atoms with Crippen molar-refractivity contribution in [3.8, 4) is 0 Å². The molecule has 6 heteroatoms. The van der Waals surface area contributed by atoms with Crippen LogP contribution in [0.15, 0.2) is 0 Å². The molecule has 0 atom stereocenters. The maximum Gasteiger partial charge on any atom is 0.317 e. The van der Waals surface area contributed by atoms with Crippen LogP contribution < -0.4 is 5.32 Å². The molecule has 0 bridgehead atoms. The Bertz CT molecular complexity index is 278. The van der Waals surface area contributed by atoms with Crippen LogP contribution in [0.3, 0.4) is 0 Å². The fourth-order valence-corrected chi connectivity index (χ4v) is 2.62. The first kappa shape index (κ1) is 17.2. The smallest absolute Gasteiger partial charge is 0.317 e. The molecule has 6 nitrogen and oxygen atoms in total. The molecule has 1 rings (SSSR count). The second-order valence-electron chi connectivity index (χ2n) is 5.57. The number of aliphatic hydroxyl groups is 1. The lowest BCUT2D eigenvalue weighted by molar-refractivity contribution is 0.143. The Morgan fingerprint density at radius 3 is 2.50 bits per heavy atom. The third-order valence-corrected chi connectivity index (χ3v) is 4.03. The fourth-order valence-electron chi connectivity index (χ4n) is 2.62. The number of hydrogen-bond donors (Lipinski definition) is 2. The van der Waals surface area contributed by atoms with E-state index in [0.29, 0.717) is 25.7 Å². The van der Waals surface area contributed by atoms with Gasteiger partial charge in [0, 0.05) is 32.2 Å². The van der Waals surface area contributed by atoms with Gasteiger partial charge < -0.3 is 25.1 Å². The van der Waals surface area contributed by atoms with E-state index in [1.807, 2.05) is 6.92 Å². The van der Waals surface area contributed by atoms with Crippen LogP contribution in [-0.2, 0) is 0 Å². The molecular weight excluding hydrogens is 256 g/mol. The number of carbonyl (C=O) groups excluding carboxylic acids is 1. The van der Waals surface area contributed by atoms with Gasteiger partial charge >= 0.3 is 6.03 Å². The largest absolute Gasteiger partial charge is 0.395 e. The highest BCUT2D eigenvalue weighted by atomic mass is 16.3. The van der Waals surface area contributed by atoms with Crippen molar-refractivity contribution in [3.63, 3.8) is 0 Å². The van der Waals surface area contributed by atoms with Crippen LogP contribution >= 0.6 is 0 Å². The maximum atomic E-state index is 11.8. The number of rotatable bonds is 7. The van der Waals surface area contributed by atoms with Gasteiger partial charge in [0.25, 0.3) is 0 Å². The number of nitrogens with zero attached hydrogens (tertiary/aromatic N) is 3. The topological polar surface area (TPSA) is 59.1 Å². The van der Waals surface area contributed by atoms with E-state index in [-0.39, 0.29) is 12.6 Å². The fraction of sp³-hybridized carbons (Fsp3) is 0.929. The summed E-state index contributed by atoms with van der Waals surface area (Å²) in [7, 11) is 4.28. The third kappa shape index (κ3) is 5.64. The van der Waals surface area contributed by atoms with Gasteiger partial charge in [-0.2, -0.15) is 0 Å². The number of carbonyl (C=O) groups is 1. The molecule has 2 N–H and O–H groups in total. The van der Waals surface area contributed by atoms with E-state index in [9.17, 15) is 4.79 Å². The van der Waals surface area contributed by atoms with E-state index in [0.717, 1.165) is 19.6 Å². The van der Waals surface area contributed by atoms with Gasteiger partial charge in [-0.05, 0) is 47.0 Å². The predicted molar refractivity (Wildman–Crippen MR) is 80.9 cm³/mol. The van der Waals surface area contributed by atoms with E-state index < -0.39 is 0 Å². The first-order valence-electron chi connectivity index (χ1n) is 7.60. The van der Waals surface area contributed by atoms with Crippen molar-refractivity contribution >= 4 is 6.03 Å². The van der Waals surface area contributed by atoms with Crippen LogP contribution in [0.25, 0.3) is 0 Å². The monoisotopic (exact) mass is 286 g/mol. The van der Waals surface area contributed by atoms with Crippen LogP contribution in [0.1, 0.15) is 19.8 Å². The molecule has 1 saturated heterocycles. The molecule has 0 aliphatic carbocycles. The van der Waals surface area contributed by atoms with Gasteiger partial charge in [-0.15, -0.1) is 0 Å². The lowest BCUT2D eigenvalue weighted by Gasteiger charge is -2.35. The molecule has 0 saturated carbocycles. The van der Waals surface area contributed by atoms with Crippen LogP contribution in [-0.4, -0.2) is 91.8 Å². The number of urea groups is 1. The molecule has 0 aromatic rings. The van der Waals surface area contributed by atoms with E-state index in [2.05, 4.69) is 29.2 Å². The zero-order valence-corrected chi connectivity index (χ0v) is 13.1. The average Bonchev–Trinajstić information content (AvgIpc) is 2.45. The minimum absolute atomic E-state index is 0.0132. The summed E-state index contributed by atoms with van der Waals surface area (Å²) in [5.41, 5.74) is 0. The van der Waals surface area contributed by atoms with E-state index in [1.165, 1.54) is 12.8 Å². The van der Waals surface area contributed by atoms with Crippen LogP contribution in [0.4, 0.5) is 4.79 Å². The molecule has 1 fully saturated rings. The summed E-state index contributed by atoms with van der Waals surface area (Å²) in [5, 5.41) is 11.8. The van der Waals surface area contributed by atoms with Crippen LogP contribution in [0, 0.1) is 0 Å². The van der Waals surface area contributed by atoms with Crippen molar-refractivity contribution in [1.29, 1.82) is 0 Å². The molecule has 20 heavy (non-hydrogen) atoms. The Balaban J connectivity index is 2.17. The van der Waals surface area contributed by atoms with Crippen molar-refractivity contribution in [2.75, 3.05) is 60.0 Å². The second kappa shape index (κ2) is 9.15. The van der Waals surface area contributed by atoms with Crippen molar-refractivity contribution < 1.29 is 9.90 Å². The lowest BCUT2D eigenvalue weighted by atomic mass is 10.0. The quantitative estimate of drug-likeness (QED) is 0.693. The zero-order chi connectivity index (χ0) is 15.0. The number of aliphatic hydroxyl groups excluding tert-OH is 1. The molecule has 0 spiro atoms. The van der Waals surface area contributed by atoms with Gasteiger partial charge in [0.15, 0.2) is 0 Å². The Kier molecular flexibility index (Phi) is 7.87. The van der Waals surface area contributed by atoms with Gasteiger partial charge in [0.05, 0.1) is 6.61 Å². The highest BCUT2D eigenvalue weighted by Gasteiger charge is 2.20. The molecule has 0 radical (unpaired) electrons. The first-order valence-corrected chi connectivity index (χ1v) is 7.60. The molecule has 1 heterocycles. The average molecular weight is 286 g/mol. The number of likely N-dealkylation sites (tertiary alicyclic amines) is 1. The third-order valence-electron chi connectivity index (χ3n) is 4.03. The van der Waals surface area contributed by atoms with Gasteiger partial charge in [-0.1, -0.05) is 0 Å². The van der Waals surface area contributed by atoms with Gasteiger partial charge in [-0.3, -0.25) is 0 Å². The molecule has 1 aliphatic rings. The van der Waals surface area contributed by atoms with Crippen molar-refractivity contribution in [3.05, 3.63) is 0 Å². The van der Waals surface area contributed by atoms with E-state index in [1.54, 1.807) is 4.90 Å². The van der Waals surface area contributed by atoms with Gasteiger partial charge in [0.1, 0.15) is 0 Å². The summed E-state index contributed by atoms with van der Waals surface area (Å²) >= 11 is 0. The highest BCUT2D eigenvalue weighted by Crippen LogP contribution is 2.13. The lowest BCUT2D eigenvalue weighted by Crippen LogP contribution is -2.47. The number of piperidine rings is 1. The van der Waals surface area contributed by atoms with Crippen LogP contribution in [0.5, 0.6) is 0 Å². The number of nitrogens with one attached hydrogen (secondary N) is 1. The normalized spacial score (nSPS) is 17.4. The Labute approximate surface area is 122 Å². The predicted octanol–water partition coefficient (Wildman–Crippen LogP) is 0.0362. The van der Waals surface area contributed by atoms with E-state index in [4.69, 9.17) is 5.11 Å². The number of hydrogen-bond acceptors (Lipinski definition) is 4. The summed E-state index contributed by atoms with van der Waals surface area (Å²) in [4.78, 5) is 18.2. The van der Waals surface area contributed by atoms with Gasteiger partial charge in [-0.25, -0.2) is 4.79 Å². The summed E-state index contributed by atoms with van der Waals surface area (Å²) < 4.78 is 0. The molecule has 0 aromatic heterocycles. The minimum atomic E-state index is -0.0790. The van der Waals surface area contributed by atoms with Gasteiger partial charge in [0.2, 0.25) is 0 Å². The zero-order valence-electron chi connectivity index (χ0n) is 13.1. The van der Waals surface area contributed by atoms with Crippen molar-refractivity contribution in [2.45, 2.75) is 25.8 Å². The standard InChI is InChI=1S/C14H30N4O2/c1-4-18(11-12-19)14(20)15-7-10-17-8-5-13(6-9-17)16(2)3/h13,19H,4-12H2,1-3H3,(H,15,20). The summed E-state index contributed by atoms with van der Waals surface area (Å²) in [6, 6.07) is 0.616. The molecule has 1 aliphatic heterocycles. The minimum Gasteiger partial charge on any atom is -0.395 e. The first-order chi connectivity index (χ1) is 9.58. The molecular formula is C14H30N4O2. The van der Waals surface area contributed by atoms with E-state index >= 15 is 0 Å². The number of amides is 2. The highest BCUT2D eigenvalue weighted by molar-refractivity contribution is 5.74. The summed E-state index contributed by atoms with van der Waals surface area (Å²) in [6.45, 7) is 6.74. The summed E-state index contributed by atoms with van der Waals surface area (Å²) in [6.07, 6.45) is 2.40. The maximum absolute atomic E-state index is 11.8. The molecule has 118 valence electrons. The summed E-state index contributed by atoms with van der Waals surface area (Å²) in [5.74, 6) is 0. The SMILES string of the molecule is CCN(CCO)C(=O)NCCN1CCC(N(C)C)CC1. The van der Waals surface area contributed by atoms with Crippen molar-refractivity contribution in [1.82, 2.24) is 20.0 Å².